The highest BCUT2D eigenvalue weighted by Crippen LogP contribution is 2.25. The van der Waals surface area contributed by atoms with E-state index in [0.29, 0.717) is 0 Å². The largest absolute Gasteiger partial charge is 0.295 e. The van der Waals surface area contributed by atoms with Gasteiger partial charge in [0.2, 0.25) is 0 Å². The molecule has 0 saturated carbocycles. The molecule has 2 aromatic carbocycles. The van der Waals surface area contributed by atoms with Gasteiger partial charge in [-0.1, -0.05) is 42.0 Å². The summed E-state index contributed by atoms with van der Waals surface area (Å²) in [5.74, 6) is 0.108. The Hall–Kier alpha value is -1.89. The van der Waals surface area contributed by atoms with Crippen LogP contribution < -0.4 is 0 Å². The molecule has 2 rings (SSSR count). The SMILES string of the molecule is CC(=O)c1cccc(-c2ccc(C)cc2C)c1. The van der Waals surface area contributed by atoms with Gasteiger partial charge in [0.25, 0.3) is 0 Å². The van der Waals surface area contributed by atoms with E-state index in [9.17, 15) is 4.79 Å². The van der Waals surface area contributed by atoms with Crippen molar-refractivity contribution in [3.05, 3.63) is 59.2 Å². The lowest BCUT2D eigenvalue weighted by Crippen LogP contribution is -1.92. The molecule has 0 aromatic heterocycles. The third-order valence-corrected chi connectivity index (χ3v) is 2.96. The molecule has 2 aromatic rings. The number of hydrogen-bond acceptors (Lipinski definition) is 1. The maximum absolute atomic E-state index is 11.4. The van der Waals surface area contributed by atoms with Crippen LogP contribution in [0.4, 0.5) is 0 Å². The molecule has 0 N–H and O–H groups in total. The molecule has 1 heteroatoms. The normalized spacial score (nSPS) is 10.3. The van der Waals surface area contributed by atoms with Crippen molar-refractivity contribution in [1.82, 2.24) is 0 Å². The van der Waals surface area contributed by atoms with Gasteiger partial charge in [-0.2, -0.15) is 0 Å². The zero-order valence-electron chi connectivity index (χ0n) is 10.4. The van der Waals surface area contributed by atoms with Crippen molar-refractivity contribution >= 4 is 5.78 Å². The van der Waals surface area contributed by atoms with Crippen LogP contribution in [0.2, 0.25) is 0 Å². The van der Waals surface area contributed by atoms with Crippen molar-refractivity contribution in [1.29, 1.82) is 0 Å². The number of hydrogen-bond donors (Lipinski definition) is 0. The van der Waals surface area contributed by atoms with Gasteiger partial charge >= 0.3 is 0 Å². The molecule has 0 spiro atoms. The number of Topliss-reactive ketones (excluding diaryl/α,β-unsaturated/α-hetero) is 1. The van der Waals surface area contributed by atoms with Crippen LogP contribution in [0.25, 0.3) is 11.1 Å². The minimum Gasteiger partial charge on any atom is -0.295 e. The van der Waals surface area contributed by atoms with Crippen LogP contribution in [0.15, 0.2) is 42.5 Å². The maximum Gasteiger partial charge on any atom is 0.159 e. The van der Waals surface area contributed by atoms with Crippen molar-refractivity contribution in [2.24, 2.45) is 0 Å². The third kappa shape index (κ3) is 2.44. The molecule has 0 amide bonds. The summed E-state index contributed by atoms with van der Waals surface area (Å²) in [6.45, 7) is 5.78. The number of benzene rings is 2. The lowest BCUT2D eigenvalue weighted by Gasteiger charge is -2.08. The Morgan fingerprint density at radius 2 is 1.76 bits per heavy atom. The van der Waals surface area contributed by atoms with Crippen molar-refractivity contribution < 1.29 is 4.79 Å². The number of ketones is 1. The van der Waals surface area contributed by atoms with E-state index in [-0.39, 0.29) is 5.78 Å². The van der Waals surface area contributed by atoms with Crippen LogP contribution in [0, 0.1) is 13.8 Å². The van der Waals surface area contributed by atoms with Crippen molar-refractivity contribution in [3.8, 4) is 11.1 Å². The first kappa shape index (κ1) is 11.6. The molecule has 0 radical (unpaired) electrons. The van der Waals surface area contributed by atoms with Crippen LogP contribution in [0.3, 0.4) is 0 Å². The highest BCUT2D eigenvalue weighted by Gasteiger charge is 2.04. The number of rotatable bonds is 2. The van der Waals surface area contributed by atoms with Gasteiger partial charge in [0.1, 0.15) is 0 Å². The zero-order valence-corrected chi connectivity index (χ0v) is 10.4. The van der Waals surface area contributed by atoms with Gasteiger partial charge in [0.15, 0.2) is 5.78 Å². The zero-order chi connectivity index (χ0) is 12.4. The van der Waals surface area contributed by atoms with Crippen LogP contribution in [-0.4, -0.2) is 5.78 Å². The summed E-state index contributed by atoms with van der Waals surface area (Å²) in [5.41, 5.74) is 5.57. The average molecular weight is 224 g/mol. The van der Waals surface area contributed by atoms with Gasteiger partial charge in [0.05, 0.1) is 0 Å². The number of carbonyl (C=O) groups is 1. The fourth-order valence-electron chi connectivity index (χ4n) is 2.04. The molecule has 17 heavy (non-hydrogen) atoms. The van der Waals surface area contributed by atoms with Crippen molar-refractivity contribution in [2.75, 3.05) is 0 Å². The summed E-state index contributed by atoms with van der Waals surface area (Å²) in [6.07, 6.45) is 0. The Kier molecular flexibility index (Phi) is 3.10. The molecule has 0 unspecified atom stereocenters. The van der Waals surface area contributed by atoms with E-state index in [1.807, 2.05) is 24.3 Å². The van der Waals surface area contributed by atoms with E-state index in [4.69, 9.17) is 0 Å². The van der Waals surface area contributed by atoms with E-state index in [1.165, 1.54) is 16.7 Å². The van der Waals surface area contributed by atoms with Gasteiger partial charge in [-0.15, -0.1) is 0 Å². The van der Waals surface area contributed by atoms with E-state index >= 15 is 0 Å². The van der Waals surface area contributed by atoms with Crippen molar-refractivity contribution in [3.63, 3.8) is 0 Å². The first-order valence-corrected chi connectivity index (χ1v) is 5.76. The first-order valence-electron chi connectivity index (χ1n) is 5.76. The first-order chi connectivity index (χ1) is 8.08. The van der Waals surface area contributed by atoms with Gasteiger partial charge in [0, 0.05) is 5.56 Å². The molecule has 1 nitrogen and oxygen atoms in total. The van der Waals surface area contributed by atoms with Gasteiger partial charge in [-0.25, -0.2) is 0 Å². The summed E-state index contributed by atoms with van der Waals surface area (Å²) < 4.78 is 0. The Morgan fingerprint density at radius 1 is 1.00 bits per heavy atom. The molecule has 0 aliphatic heterocycles. The average Bonchev–Trinajstić information content (AvgIpc) is 2.29. The number of carbonyl (C=O) groups excluding carboxylic acids is 1. The van der Waals surface area contributed by atoms with Crippen LogP contribution in [0.1, 0.15) is 28.4 Å². The Bertz CT molecular complexity index is 567. The lowest BCUT2D eigenvalue weighted by molar-refractivity contribution is 0.101. The van der Waals surface area contributed by atoms with E-state index in [2.05, 4.69) is 32.0 Å². The highest BCUT2D eigenvalue weighted by molar-refractivity contribution is 5.95. The molecular weight excluding hydrogens is 208 g/mol. The minimum absolute atomic E-state index is 0.108. The minimum atomic E-state index is 0.108. The second kappa shape index (κ2) is 4.54. The van der Waals surface area contributed by atoms with Crippen LogP contribution in [0.5, 0.6) is 0 Å². The molecule has 86 valence electrons. The molecule has 0 saturated heterocycles. The molecular formula is C16H16O. The second-order valence-corrected chi connectivity index (χ2v) is 4.46. The predicted octanol–water partition coefficient (Wildman–Crippen LogP) is 4.17. The molecule has 0 atom stereocenters. The molecule has 0 heterocycles. The summed E-state index contributed by atoms with van der Waals surface area (Å²) >= 11 is 0. The quantitative estimate of drug-likeness (QED) is 0.699. The predicted molar refractivity (Wildman–Crippen MR) is 71.4 cm³/mol. The third-order valence-electron chi connectivity index (χ3n) is 2.96. The molecule has 0 bridgehead atoms. The van der Waals surface area contributed by atoms with Crippen molar-refractivity contribution in [2.45, 2.75) is 20.8 Å². The Balaban J connectivity index is 2.53. The second-order valence-electron chi connectivity index (χ2n) is 4.46. The monoisotopic (exact) mass is 224 g/mol. The Labute approximate surface area is 102 Å². The Morgan fingerprint density at radius 3 is 2.41 bits per heavy atom. The standard InChI is InChI=1S/C16H16O/c1-11-7-8-16(12(2)9-11)15-6-4-5-14(10-15)13(3)17/h4-10H,1-3H3. The smallest absolute Gasteiger partial charge is 0.159 e. The van der Waals surface area contributed by atoms with E-state index in [1.54, 1.807) is 6.92 Å². The fourth-order valence-corrected chi connectivity index (χ4v) is 2.04. The van der Waals surface area contributed by atoms with E-state index < -0.39 is 0 Å². The molecule has 0 aliphatic carbocycles. The maximum atomic E-state index is 11.4. The van der Waals surface area contributed by atoms with Gasteiger partial charge in [-0.05, 0) is 43.5 Å². The van der Waals surface area contributed by atoms with Crippen LogP contribution >= 0.6 is 0 Å². The summed E-state index contributed by atoms with van der Waals surface area (Å²) in [6, 6.07) is 14.2. The van der Waals surface area contributed by atoms with Gasteiger partial charge < -0.3 is 0 Å². The lowest BCUT2D eigenvalue weighted by atomic mass is 9.97. The van der Waals surface area contributed by atoms with Gasteiger partial charge in [-0.3, -0.25) is 4.79 Å². The van der Waals surface area contributed by atoms with E-state index in [0.717, 1.165) is 11.1 Å². The molecule has 0 fully saturated rings. The topological polar surface area (TPSA) is 17.1 Å². The summed E-state index contributed by atoms with van der Waals surface area (Å²) in [7, 11) is 0. The summed E-state index contributed by atoms with van der Waals surface area (Å²) in [5, 5.41) is 0. The molecule has 0 aliphatic rings. The van der Waals surface area contributed by atoms with Crippen LogP contribution in [-0.2, 0) is 0 Å². The summed E-state index contributed by atoms with van der Waals surface area (Å²) in [4.78, 5) is 11.4. The number of aryl methyl sites for hydroxylation is 2. The highest BCUT2D eigenvalue weighted by atomic mass is 16.1. The fraction of sp³-hybridized carbons (Fsp3) is 0.188.